The summed E-state index contributed by atoms with van der Waals surface area (Å²) in [7, 11) is 0. The van der Waals surface area contributed by atoms with Crippen molar-refractivity contribution in [1.82, 2.24) is 0 Å². The maximum Gasteiger partial charge on any atom is 0.0174 e. The molecule has 0 spiro atoms. The highest BCUT2D eigenvalue weighted by atomic mass is 79.9. The van der Waals surface area contributed by atoms with E-state index in [0.29, 0.717) is 0 Å². The summed E-state index contributed by atoms with van der Waals surface area (Å²) in [5, 5.41) is 0. The summed E-state index contributed by atoms with van der Waals surface area (Å²) in [5.74, 6) is 0.997. The van der Waals surface area contributed by atoms with E-state index >= 15 is 0 Å². The van der Waals surface area contributed by atoms with Gasteiger partial charge in [0.1, 0.15) is 0 Å². The van der Waals surface area contributed by atoms with Crippen LogP contribution < -0.4 is 0 Å². The Hall–Kier alpha value is 0.480. The second kappa shape index (κ2) is 2.86. The van der Waals surface area contributed by atoms with Gasteiger partial charge in [-0.15, -0.1) is 0 Å². The number of hydrogen-bond donors (Lipinski definition) is 0. The van der Waals surface area contributed by atoms with Gasteiger partial charge in [-0.25, -0.2) is 0 Å². The summed E-state index contributed by atoms with van der Waals surface area (Å²) in [6.07, 6.45) is 5.21. The van der Waals surface area contributed by atoms with Gasteiger partial charge in [0.15, 0.2) is 0 Å². The molecule has 0 aromatic heterocycles. The van der Waals surface area contributed by atoms with Gasteiger partial charge in [0.2, 0.25) is 0 Å². The first-order valence-corrected chi connectivity index (χ1v) is 4.19. The van der Waals surface area contributed by atoms with Crippen LogP contribution in [0.5, 0.6) is 0 Å². The summed E-state index contributed by atoms with van der Waals surface area (Å²) in [6, 6.07) is 0. The van der Waals surface area contributed by atoms with Crippen LogP contribution in [-0.2, 0) is 0 Å². The summed E-state index contributed by atoms with van der Waals surface area (Å²) in [5.41, 5.74) is 0. The van der Waals surface area contributed by atoms with Crippen LogP contribution in [0.2, 0.25) is 0 Å². The molecule has 1 unspecified atom stereocenters. The molecule has 1 saturated carbocycles. The maximum absolute atomic E-state index is 3.81. The van der Waals surface area contributed by atoms with Crippen molar-refractivity contribution in [3.05, 3.63) is 6.92 Å². The smallest absolute Gasteiger partial charge is 0.0174 e. The fourth-order valence-electron chi connectivity index (χ4n) is 0.889. The molecule has 1 rings (SSSR count). The molecule has 0 aliphatic heterocycles. The lowest BCUT2D eigenvalue weighted by Gasteiger charge is -2.02. The molecule has 1 radical (unpaired) electrons. The molecule has 0 aromatic carbocycles. The Kier molecular flexibility index (Phi) is 2.36. The lowest BCUT2D eigenvalue weighted by molar-refractivity contribution is 0.705. The third-order valence-electron chi connectivity index (χ3n) is 1.61. The summed E-state index contributed by atoms with van der Waals surface area (Å²) < 4.78 is 0. The maximum atomic E-state index is 3.81. The number of alkyl halides is 1. The van der Waals surface area contributed by atoms with E-state index < -0.39 is 0 Å². The molecule has 0 saturated heterocycles. The summed E-state index contributed by atoms with van der Waals surface area (Å²) in [4.78, 5) is 0.778. The van der Waals surface area contributed by atoms with Gasteiger partial charge in [-0.3, -0.25) is 0 Å². The second-order valence-corrected chi connectivity index (χ2v) is 3.67. The lowest BCUT2D eigenvalue weighted by Crippen LogP contribution is -1.97. The molecule has 0 aromatic rings. The lowest BCUT2D eigenvalue weighted by atomic mass is 10.2. The third-order valence-corrected chi connectivity index (χ3v) is 2.82. The van der Waals surface area contributed by atoms with Crippen molar-refractivity contribution in [2.75, 3.05) is 0 Å². The largest absolute Gasteiger partial charge is 0.0888 e. The molecule has 0 N–H and O–H groups in total. The minimum Gasteiger partial charge on any atom is -0.0888 e. The summed E-state index contributed by atoms with van der Waals surface area (Å²) >= 11 is 3.62. The van der Waals surface area contributed by atoms with E-state index in [1.54, 1.807) is 0 Å². The average Bonchev–Trinajstić information content (AvgIpc) is 2.45. The topological polar surface area (TPSA) is 0 Å². The minimum absolute atomic E-state index is 0.778. The first-order valence-electron chi connectivity index (χ1n) is 3.28. The van der Waals surface area contributed by atoms with Gasteiger partial charge in [0.25, 0.3) is 0 Å². The zero-order valence-electron chi connectivity index (χ0n) is 5.07. The van der Waals surface area contributed by atoms with Gasteiger partial charge in [-0.1, -0.05) is 29.3 Å². The molecular weight excluding hydrogens is 164 g/mol. The molecule has 47 valence electrons. The van der Waals surface area contributed by atoms with Crippen LogP contribution in [0.4, 0.5) is 0 Å². The zero-order valence-corrected chi connectivity index (χ0v) is 6.65. The Morgan fingerprint density at radius 1 is 1.62 bits per heavy atom. The third kappa shape index (κ3) is 1.77. The molecule has 1 fully saturated rings. The van der Waals surface area contributed by atoms with Gasteiger partial charge < -0.3 is 0 Å². The molecule has 1 atom stereocenters. The first-order chi connectivity index (χ1) is 3.84. The highest BCUT2D eigenvalue weighted by molar-refractivity contribution is 9.09. The van der Waals surface area contributed by atoms with E-state index in [2.05, 4.69) is 22.9 Å². The van der Waals surface area contributed by atoms with Crippen molar-refractivity contribution >= 4 is 15.9 Å². The van der Waals surface area contributed by atoms with Crippen LogP contribution in [0.3, 0.4) is 0 Å². The molecular formula is C7H12Br. The predicted octanol–water partition coefficient (Wildman–Crippen LogP) is 2.77. The van der Waals surface area contributed by atoms with Crippen LogP contribution in [0, 0.1) is 12.8 Å². The van der Waals surface area contributed by atoms with Crippen LogP contribution in [0.1, 0.15) is 25.7 Å². The van der Waals surface area contributed by atoms with E-state index in [4.69, 9.17) is 0 Å². The molecule has 8 heavy (non-hydrogen) atoms. The Morgan fingerprint density at radius 3 is 2.62 bits per heavy atom. The van der Waals surface area contributed by atoms with Crippen molar-refractivity contribution in [3.8, 4) is 0 Å². The van der Waals surface area contributed by atoms with E-state index in [0.717, 1.165) is 17.2 Å². The monoisotopic (exact) mass is 175 g/mol. The van der Waals surface area contributed by atoms with Crippen molar-refractivity contribution in [2.45, 2.75) is 30.5 Å². The van der Waals surface area contributed by atoms with Crippen LogP contribution in [0.25, 0.3) is 0 Å². The van der Waals surface area contributed by atoms with Crippen molar-refractivity contribution in [3.63, 3.8) is 0 Å². The molecule has 0 heterocycles. The van der Waals surface area contributed by atoms with Crippen molar-refractivity contribution < 1.29 is 0 Å². The predicted molar refractivity (Wildman–Crippen MR) is 40.0 cm³/mol. The number of rotatable bonds is 3. The van der Waals surface area contributed by atoms with Gasteiger partial charge in [0, 0.05) is 4.83 Å². The highest BCUT2D eigenvalue weighted by Gasteiger charge is 2.27. The van der Waals surface area contributed by atoms with Crippen LogP contribution in [0.15, 0.2) is 0 Å². The van der Waals surface area contributed by atoms with Gasteiger partial charge >= 0.3 is 0 Å². The Morgan fingerprint density at radius 2 is 2.25 bits per heavy atom. The fraction of sp³-hybridized carbons (Fsp3) is 0.857. The number of hydrogen-bond acceptors (Lipinski definition) is 0. The van der Waals surface area contributed by atoms with Gasteiger partial charge in [-0.05, 0) is 25.2 Å². The SMILES string of the molecule is [CH2]CCC(Br)C1CC1. The molecule has 1 aliphatic rings. The van der Waals surface area contributed by atoms with Crippen LogP contribution in [-0.4, -0.2) is 4.83 Å². The van der Waals surface area contributed by atoms with Crippen molar-refractivity contribution in [1.29, 1.82) is 0 Å². The van der Waals surface area contributed by atoms with Gasteiger partial charge in [0.05, 0.1) is 0 Å². The van der Waals surface area contributed by atoms with Gasteiger partial charge in [-0.2, -0.15) is 0 Å². The molecule has 0 nitrogen and oxygen atoms in total. The normalized spacial score (nSPS) is 23.2. The standard InChI is InChI=1S/C7H12Br/c1-2-3-7(8)6-4-5-6/h6-7H,1-5H2. The molecule has 1 aliphatic carbocycles. The Labute approximate surface area is 59.8 Å². The second-order valence-electron chi connectivity index (χ2n) is 2.50. The molecule has 1 heteroatoms. The van der Waals surface area contributed by atoms with E-state index in [9.17, 15) is 0 Å². The molecule has 0 amide bonds. The highest BCUT2D eigenvalue weighted by Crippen LogP contribution is 2.38. The van der Waals surface area contributed by atoms with Crippen molar-refractivity contribution in [2.24, 2.45) is 5.92 Å². The van der Waals surface area contributed by atoms with E-state index in [1.165, 1.54) is 19.3 Å². The number of halogens is 1. The Balaban J connectivity index is 2.03. The summed E-state index contributed by atoms with van der Waals surface area (Å²) in [6.45, 7) is 3.81. The minimum atomic E-state index is 0.778. The molecule has 0 bridgehead atoms. The zero-order chi connectivity index (χ0) is 5.98. The fourth-order valence-corrected chi connectivity index (χ4v) is 1.74. The quantitative estimate of drug-likeness (QED) is 0.580. The van der Waals surface area contributed by atoms with Crippen LogP contribution >= 0.6 is 15.9 Å². The first kappa shape index (κ1) is 6.60. The average molecular weight is 176 g/mol. The van der Waals surface area contributed by atoms with E-state index in [-0.39, 0.29) is 0 Å². The Bertz CT molecular complexity index is 66.8. The van der Waals surface area contributed by atoms with E-state index in [1.807, 2.05) is 0 Å².